The number of halogens is 1. The Morgan fingerprint density at radius 1 is 1.07 bits per heavy atom. The zero-order valence-electron chi connectivity index (χ0n) is 15.3. The summed E-state index contributed by atoms with van der Waals surface area (Å²) in [4.78, 5) is 11.5. The number of hydrogen-bond acceptors (Lipinski definition) is 4. The molecule has 0 aliphatic carbocycles. The lowest BCUT2D eigenvalue weighted by Gasteiger charge is -2.08. The van der Waals surface area contributed by atoms with E-state index >= 15 is 0 Å². The first-order valence-electron chi connectivity index (χ1n) is 8.81. The fourth-order valence-corrected chi connectivity index (χ4v) is 3.66. The standard InChI is InChI=1S/C20H21ClN4OS/c1-3-18(26)22-17-11-7-15(8-12-17)19-23-24-20(25(19)4-2)27-13-14-5-9-16(21)10-6-14/h5-12H,3-4,13H2,1-2H3,(H,22,26). The maximum atomic E-state index is 11.5. The van der Waals surface area contributed by atoms with Crippen LogP contribution in [0.2, 0.25) is 5.02 Å². The Labute approximate surface area is 168 Å². The van der Waals surface area contributed by atoms with Crippen molar-refractivity contribution in [1.29, 1.82) is 0 Å². The zero-order chi connectivity index (χ0) is 19.2. The van der Waals surface area contributed by atoms with E-state index in [-0.39, 0.29) is 5.91 Å². The lowest BCUT2D eigenvalue weighted by atomic mass is 10.2. The molecule has 3 rings (SSSR count). The van der Waals surface area contributed by atoms with E-state index in [0.29, 0.717) is 6.42 Å². The second kappa shape index (κ2) is 9.06. The van der Waals surface area contributed by atoms with Crippen LogP contribution in [0, 0.1) is 0 Å². The van der Waals surface area contributed by atoms with E-state index in [9.17, 15) is 4.79 Å². The summed E-state index contributed by atoms with van der Waals surface area (Å²) >= 11 is 7.59. The molecule has 5 nitrogen and oxygen atoms in total. The topological polar surface area (TPSA) is 59.8 Å². The molecule has 140 valence electrons. The molecule has 3 aromatic rings. The Morgan fingerprint density at radius 2 is 1.78 bits per heavy atom. The Hall–Kier alpha value is -2.31. The van der Waals surface area contributed by atoms with Gasteiger partial charge >= 0.3 is 0 Å². The summed E-state index contributed by atoms with van der Waals surface area (Å²) in [5.74, 6) is 1.63. The van der Waals surface area contributed by atoms with Crippen molar-refractivity contribution in [3.8, 4) is 11.4 Å². The Morgan fingerprint density at radius 3 is 2.41 bits per heavy atom. The number of hydrogen-bond donors (Lipinski definition) is 1. The van der Waals surface area contributed by atoms with Crippen molar-refractivity contribution in [2.24, 2.45) is 0 Å². The molecule has 27 heavy (non-hydrogen) atoms. The molecule has 0 aliphatic rings. The van der Waals surface area contributed by atoms with Crippen LogP contribution in [0.5, 0.6) is 0 Å². The molecule has 1 amide bonds. The van der Waals surface area contributed by atoms with Gasteiger partial charge in [0, 0.05) is 35.0 Å². The molecule has 0 aliphatic heterocycles. The lowest BCUT2D eigenvalue weighted by molar-refractivity contribution is -0.115. The van der Waals surface area contributed by atoms with Crippen molar-refractivity contribution in [1.82, 2.24) is 14.8 Å². The fourth-order valence-electron chi connectivity index (χ4n) is 2.57. The first kappa shape index (κ1) is 19.5. The van der Waals surface area contributed by atoms with Crippen LogP contribution in [0.15, 0.2) is 53.7 Å². The third-order valence-corrected chi connectivity index (χ3v) is 5.35. The van der Waals surface area contributed by atoms with Crippen LogP contribution in [0.1, 0.15) is 25.8 Å². The zero-order valence-corrected chi connectivity index (χ0v) is 16.8. The molecule has 0 bridgehead atoms. The van der Waals surface area contributed by atoms with Crippen LogP contribution in [-0.2, 0) is 17.1 Å². The molecular formula is C20H21ClN4OS. The van der Waals surface area contributed by atoms with Crippen molar-refractivity contribution in [3.63, 3.8) is 0 Å². The van der Waals surface area contributed by atoms with Gasteiger partial charge < -0.3 is 9.88 Å². The molecule has 0 atom stereocenters. The maximum absolute atomic E-state index is 11.5. The minimum absolute atomic E-state index is 0.000334. The molecule has 0 saturated heterocycles. The molecule has 1 heterocycles. The third-order valence-electron chi connectivity index (χ3n) is 4.06. The monoisotopic (exact) mass is 400 g/mol. The molecule has 1 aromatic heterocycles. The molecule has 0 unspecified atom stereocenters. The molecule has 0 radical (unpaired) electrons. The minimum atomic E-state index is 0.000334. The fraction of sp³-hybridized carbons (Fsp3) is 0.250. The number of amides is 1. The number of benzene rings is 2. The van der Waals surface area contributed by atoms with Gasteiger partial charge in [0.2, 0.25) is 5.91 Å². The van der Waals surface area contributed by atoms with Crippen molar-refractivity contribution in [2.45, 2.75) is 37.7 Å². The van der Waals surface area contributed by atoms with E-state index in [4.69, 9.17) is 11.6 Å². The average molecular weight is 401 g/mol. The number of nitrogens with one attached hydrogen (secondary N) is 1. The molecular weight excluding hydrogens is 380 g/mol. The molecule has 1 N–H and O–H groups in total. The van der Waals surface area contributed by atoms with Crippen molar-refractivity contribution in [3.05, 3.63) is 59.1 Å². The molecule has 2 aromatic carbocycles. The van der Waals surface area contributed by atoms with E-state index in [1.165, 1.54) is 5.56 Å². The van der Waals surface area contributed by atoms with Crippen LogP contribution >= 0.6 is 23.4 Å². The van der Waals surface area contributed by atoms with E-state index < -0.39 is 0 Å². The van der Waals surface area contributed by atoms with Gasteiger partial charge in [0.05, 0.1) is 0 Å². The number of carbonyl (C=O) groups excluding carboxylic acids is 1. The molecule has 0 saturated carbocycles. The van der Waals surface area contributed by atoms with Crippen LogP contribution in [-0.4, -0.2) is 20.7 Å². The number of aromatic nitrogens is 3. The van der Waals surface area contributed by atoms with Gasteiger partial charge in [0.15, 0.2) is 11.0 Å². The third kappa shape index (κ3) is 4.90. The lowest BCUT2D eigenvalue weighted by Crippen LogP contribution is -2.09. The van der Waals surface area contributed by atoms with Crippen LogP contribution in [0.25, 0.3) is 11.4 Å². The largest absolute Gasteiger partial charge is 0.326 e. The normalized spacial score (nSPS) is 10.8. The summed E-state index contributed by atoms with van der Waals surface area (Å²) in [5, 5.41) is 13.2. The maximum Gasteiger partial charge on any atom is 0.224 e. The van der Waals surface area contributed by atoms with Crippen LogP contribution in [0.4, 0.5) is 5.69 Å². The highest BCUT2D eigenvalue weighted by Crippen LogP contribution is 2.27. The summed E-state index contributed by atoms with van der Waals surface area (Å²) < 4.78 is 2.10. The summed E-state index contributed by atoms with van der Waals surface area (Å²) in [6.07, 6.45) is 0.458. The van der Waals surface area contributed by atoms with Crippen LogP contribution in [0.3, 0.4) is 0 Å². The highest BCUT2D eigenvalue weighted by Gasteiger charge is 2.13. The summed E-state index contributed by atoms with van der Waals surface area (Å²) in [5.41, 5.74) is 2.94. The number of nitrogens with zero attached hydrogens (tertiary/aromatic N) is 3. The van der Waals surface area contributed by atoms with Crippen molar-refractivity contribution < 1.29 is 4.79 Å². The van der Waals surface area contributed by atoms with Gasteiger partial charge in [-0.2, -0.15) is 0 Å². The number of rotatable bonds is 7. The van der Waals surface area contributed by atoms with Gasteiger partial charge in [0.1, 0.15) is 0 Å². The first-order valence-corrected chi connectivity index (χ1v) is 10.2. The second-order valence-corrected chi connectivity index (χ2v) is 7.32. The van der Waals surface area contributed by atoms with Gasteiger partial charge in [0.25, 0.3) is 0 Å². The van der Waals surface area contributed by atoms with Gasteiger partial charge in [-0.15, -0.1) is 10.2 Å². The second-order valence-electron chi connectivity index (χ2n) is 5.94. The molecule has 0 fully saturated rings. The highest BCUT2D eigenvalue weighted by atomic mass is 35.5. The molecule has 0 spiro atoms. The predicted octanol–water partition coefficient (Wildman–Crippen LogP) is 5.26. The SMILES string of the molecule is CCC(=O)Nc1ccc(-c2nnc(SCc3ccc(Cl)cc3)n2CC)cc1. The summed E-state index contributed by atoms with van der Waals surface area (Å²) in [6, 6.07) is 15.5. The van der Waals surface area contributed by atoms with Gasteiger partial charge in [-0.1, -0.05) is 42.4 Å². The van der Waals surface area contributed by atoms with Gasteiger partial charge in [-0.05, 0) is 48.9 Å². The molecule has 7 heteroatoms. The smallest absolute Gasteiger partial charge is 0.224 e. The number of anilines is 1. The number of thioether (sulfide) groups is 1. The summed E-state index contributed by atoms with van der Waals surface area (Å²) in [6.45, 7) is 4.69. The highest BCUT2D eigenvalue weighted by molar-refractivity contribution is 7.98. The van der Waals surface area contributed by atoms with E-state index in [0.717, 1.165) is 39.6 Å². The first-order chi connectivity index (χ1) is 13.1. The van der Waals surface area contributed by atoms with Crippen molar-refractivity contribution >= 4 is 35.0 Å². The van der Waals surface area contributed by atoms with E-state index in [2.05, 4.69) is 27.0 Å². The van der Waals surface area contributed by atoms with Gasteiger partial charge in [-0.25, -0.2) is 0 Å². The Balaban J connectivity index is 1.75. The Bertz CT molecular complexity index is 907. The number of carbonyl (C=O) groups is 1. The minimum Gasteiger partial charge on any atom is -0.326 e. The Kier molecular flexibility index (Phi) is 6.53. The average Bonchev–Trinajstić information content (AvgIpc) is 3.11. The predicted molar refractivity (Wildman–Crippen MR) is 111 cm³/mol. The van der Waals surface area contributed by atoms with E-state index in [1.807, 2.05) is 55.5 Å². The van der Waals surface area contributed by atoms with Crippen molar-refractivity contribution in [2.75, 3.05) is 5.32 Å². The van der Waals surface area contributed by atoms with Gasteiger partial charge in [-0.3, -0.25) is 4.79 Å². The quantitative estimate of drug-likeness (QED) is 0.549. The summed E-state index contributed by atoms with van der Waals surface area (Å²) in [7, 11) is 0. The van der Waals surface area contributed by atoms with Crippen LogP contribution < -0.4 is 5.32 Å². The van der Waals surface area contributed by atoms with E-state index in [1.54, 1.807) is 11.8 Å².